The predicted molar refractivity (Wildman–Crippen MR) is 162 cm³/mol. The van der Waals surface area contributed by atoms with Crippen LogP contribution in [0, 0.1) is 0 Å². The van der Waals surface area contributed by atoms with Crippen LogP contribution in [0.25, 0.3) is 0 Å². The van der Waals surface area contributed by atoms with Gasteiger partial charge in [-0.3, -0.25) is 4.79 Å². The molecule has 2 aliphatic heterocycles. The van der Waals surface area contributed by atoms with Gasteiger partial charge < -0.3 is 39.7 Å². The first-order valence-electron chi connectivity index (χ1n) is 17.2. The van der Waals surface area contributed by atoms with Crippen molar-refractivity contribution in [1.82, 2.24) is 0 Å². The summed E-state index contributed by atoms with van der Waals surface area (Å²) < 4.78 is 16.4. The fourth-order valence-electron chi connectivity index (χ4n) is 5.96. The highest BCUT2D eigenvalue weighted by atomic mass is 16.7. The van der Waals surface area contributed by atoms with Crippen LogP contribution in [0.4, 0.5) is 0 Å². The summed E-state index contributed by atoms with van der Waals surface area (Å²) in [6.07, 6.45) is 20.6. The lowest BCUT2D eigenvalue weighted by Crippen LogP contribution is -2.47. The van der Waals surface area contributed by atoms with Crippen molar-refractivity contribution in [1.29, 1.82) is 0 Å². The maximum Gasteiger partial charge on any atom is 0.186 e. The Morgan fingerprint density at radius 1 is 0.643 bits per heavy atom. The molecule has 0 bridgehead atoms. The highest BCUT2D eigenvalue weighted by molar-refractivity contribution is 5.78. The lowest BCUT2D eigenvalue weighted by Gasteiger charge is -2.29. The first kappa shape index (κ1) is 37.5. The highest BCUT2D eigenvalue weighted by Gasteiger charge is 2.57. The minimum absolute atomic E-state index is 0.0586. The number of hydrogen-bond acceptors (Lipinski definition) is 9. The second kappa shape index (κ2) is 23.7. The van der Waals surface area contributed by atoms with Crippen molar-refractivity contribution in [2.45, 2.75) is 191 Å². The van der Waals surface area contributed by atoms with Crippen LogP contribution in [-0.2, 0) is 19.0 Å². The van der Waals surface area contributed by atoms with E-state index in [1.807, 2.05) is 0 Å². The molecule has 0 saturated carbocycles. The van der Waals surface area contributed by atoms with Gasteiger partial charge in [0.1, 0.15) is 30.2 Å². The number of aliphatic hydroxyl groups excluding tert-OH is 4. The van der Waals surface area contributed by atoms with Gasteiger partial charge in [0.25, 0.3) is 0 Å². The third-order valence-electron chi connectivity index (χ3n) is 8.67. The molecule has 0 spiro atoms. The molecule has 0 aromatic heterocycles. The van der Waals surface area contributed by atoms with E-state index in [-0.39, 0.29) is 37.6 Å². The molecule has 9 heteroatoms. The third kappa shape index (κ3) is 17.6. The third-order valence-corrected chi connectivity index (χ3v) is 8.67. The molecule has 0 aromatic carbocycles. The maximum atomic E-state index is 12.1. The van der Waals surface area contributed by atoms with Crippen molar-refractivity contribution in [2.24, 2.45) is 0 Å². The molecule has 42 heavy (non-hydrogen) atoms. The Morgan fingerprint density at radius 3 is 1.60 bits per heavy atom. The minimum atomic E-state index is -1.40. The average molecular weight is 603 g/mol. The van der Waals surface area contributed by atoms with E-state index in [1.54, 1.807) is 0 Å². The normalized spacial score (nSPS) is 24.2. The molecule has 2 heterocycles. The second-order valence-corrected chi connectivity index (χ2v) is 12.6. The topological polar surface area (TPSA) is 149 Å². The van der Waals surface area contributed by atoms with E-state index in [0.717, 1.165) is 25.7 Å². The van der Waals surface area contributed by atoms with Gasteiger partial charge in [-0.05, 0) is 12.8 Å². The number of fused-ring (bicyclic) bond motifs is 1. The summed E-state index contributed by atoms with van der Waals surface area (Å²) in [5.74, 6) is 0.183. The van der Waals surface area contributed by atoms with Crippen molar-refractivity contribution in [3.8, 4) is 0 Å². The van der Waals surface area contributed by atoms with Gasteiger partial charge >= 0.3 is 0 Å². The Labute approximate surface area is 254 Å². The molecule has 5 N–H and O–H groups in total. The zero-order valence-electron chi connectivity index (χ0n) is 26.1. The summed E-state index contributed by atoms with van der Waals surface area (Å²) in [4.78, 5) is 12.1. The van der Waals surface area contributed by atoms with Gasteiger partial charge in [-0.25, -0.2) is 0 Å². The van der Waals surface area contributed by atoms with Crippen LogP contribution in [0.5, 0.6) is 0 Å². The van der Waals surface area contributed by atoms with Gasteiger partial charge in [-0.15, -0.1) is 0 Å². The van der Waals surface area contributed by atoms with Gasteiger partial charge in [-0.1, -0.05) is 116 Å². The molecule has 0 aliphatic carbocycles. The van der Waals surface area contributed by atoms with Crippen LogP contribution >= 0.6 is 0 Å². The molecule has 5 unspecified atom stereocenters. The molecule has 9 nitrogen and oxygen atoms in total. The summed E-state index contributed by atoms with van der Waals surface area (Å²) in [6.45, 7) is 0.0420. The molecule has 2 rings (SSSR count). The van der Waals surface area contributed by atoms with Crippen LogP contribution in [0.1, 0.15) is 148 Å². The highest BCUT2D eigenvalue weighted by Crippen LogP contribution is 2.37. The molecular weight excluding hydrogens is 540 g/mol. The standard InChI is InChI=1S/C33H62O9/c34-25-28-31-32(42-31)30(39)33(41-28)40-23-22-26(35)20-18-16-14-12-10-8-6-4-2-1-3-5-7-9-11-13-15-17-19-21-27(36)24-29(37)38/h27-34,36-39H,1-25H2/t27-,28?,30?,31?,32?,33?/m0/s1. The zero-order chi connectivity index (χ0) is 30.4. The molecule has 6 atom stereocenters. The van der Waals surface area contributed by atoms with Gasteiger partial charge in [0, 0.05) is 19.3 Å². The fraction of sp³-hybridized carbons (Fsp3) is 0.970. The van der Waals surface area contributed by atoms with E-state index >= 15 is 0 Å². The van der Waals surface area contributed by atoms with Crippen LogP contribution < -0.4 is 0 Å². The quantitative estimate of drug-likeness (QED) is 0.0450. The number of ketones is 1. The van der Waals surface area contributed by atoms with Crippen molar-refractivity contribution in [3.63, 3.8) is 0 Å². The van der Waals surface area contributed by atoms with Crippen molar-refractivity contribution < 1.29 is 44.5 Å². The smallest absolute Gasteiger partial charge is 0.186 e. The minimum Gasteiger partial charge on any atom is -0.394 e. The van der Waals surface area contributed by atoms with Crippen molar-refractivity contribution >= 4 is 5.78 Å². The van der Waals surface area contributed by atoms with E-state index in [0.29, 0.717) is 19.3 Å². The van der Waals surface area contributed by atoms with E-state index in [2.05, 4.69) is 0 Å². The molecule has 0 amide bonds. The number of rotatable bonds is 29. The Kier molecular flexibility index (Phi) is 21.2. The van der Waals surface area contributed by atoms with Crippen LogP contribution in [0.15, 0.2) is 0 Å². The second-order valence-electron chi connectivity index (χ2n) is 12.6. The van der Waals surface area contributed by atoms with E-state index in [1.165, 1.54) is 96.3 Å². The SMILES string of the molecule is O=C(CCCCCCCCCCCCCCCCCCCCC[C@H](O)CC(O)O)CCOC1OC(CO)C2OC2C1O. The van der Waals surface area contributed by atoms with E-state index in [4.69, 9.17) is 24.4 Å². The van der Waals surface area contributed by atoms with Gasteiger partial charge in [0.2, 0.25) is 0 Å². The van der Waals surface area contributed by atoms with Gasteiger partial charge in [-0.2, -0.15) is 0 Å². The lowest BCUT2D eigenvalue weighted by molar-refractivity contribution is -0.234. The Bertz CT molecular complexity index is 661. The lowest BCUT2D eigenvalue weighted by atomic mass is 10.0. The van der Waals surface area contributed by atoms with Crippen LogP contribution in [-0.4, -0.2) is 87.6 Å². The van der Waals surface area contributed by atoms with Crippen LogP contribution in [0.2, 0.25) is 0 Å². The number of carbonyl (C=O) groups excluding carboxylic acids is 1. The average Bonchev–Trinajstić information content (AvgIpc) is 3.76. The van der Waals surface area contributed by atoms with Crippen molar-refractivity contribution in [2.75, 3.05) is 13.2 Å². The molecule has 2 aliphatic rings. The maximum absolute atomic E-state index is 12.1. The molecule has 2 saturated heterocycles. The molecular formula is C33H62O9. The number of carbonyl (C=O) groups is 1. The summed E-state index contributed by atoms with van der Waals surface area (Å²) in [7, 11) is 0. The number of unbranched alkanes of at least 4 members (excludes halogenated alkanes) is 18. The monoisotopic (exact) mass is 602 g/mol. The van der Waals surface area contributed by atoms with E-state index in [9.17, 15) is 20.1 Å². The van der Waals surface area contributed by atoms with Crippen molar-refractivity contribution in [3.05, 3.63) is 0 Å². The summed E-state index contributed by atoms with van der Waals surface area (Å²) in [5.41, 5.74) is 0. The van der Waals surface area contributed by atoms with Gasteiger partial charge in [0.05, 0.1) is 19.3 Å². The molecule has 0 aromatic rings. The predicted octanol–water partition coefficient (Wildman–Crippen LogP) is 5.06. The molecule has 0 radical (unpaired) electrons. The van der Waals surface area contributed by atoms with E-state index < -0.39 is 30.9 Å². The number of ether oxygens (including phenoxy) is 3. The molecule has 2 fully saturated rings. The first-order chi connectivity index (χ1) is 20.4. The number of Topliss-reactive ketones (excluding diaryl/α,β-unsaturated/α-hetero) is 1. The Morgan fingerprint density at radius 2 is 1.12 bits per heavy atom. The zero-order valence-corrected chi connectivity index (χ0v) is 26.1. The first-order valence-corrected chi connectivity index (χ1v) is 17.2. The fourth-order valence-corrected chi connectivity index (χ4v) is 5.96. The Balaban J connectivity index is 1.23. The summed E-state index contributed by atoms with van der Waals surface area (Å²) in [6, 6.07) is 0. The van der Waals surface area contributed by atoms with Gasteiger partial charge in [0.15, 0.2) is 12.6 Å². The molecule has 248 valence electrons. The number of aliphatic hydroxyl groups is 5. The summed E-state index contributed by atoms with van der Waals surface area (Å²) >= 11 is 0. The summed E-state index contributed by atoms with van der Waals surface area (Å²) in [5, 5.41) is 46.7. The largest absolute Gasteiger partial charge is 0.394 e. The number of hydrogen-bond donors (Lipinski definition) is 5. The van der Waals surface area contributed by atoms with Crippen LogP contribution in [0.3, 0.4) is 0 Å². The number of epoxide rings is 1. The Hall–Kier alpha value is -0.650.